The Morgan fingerprint density at radius 1 is 1.13 bits per heavy atom. The second-order valence-electron chi connectivity index (χ2n) is 7.20. The predicted octanol–water partition coefficient (Wildman–Crippen LogP) is 6.25. The molecule has 3 aromatic rings. The SMILES string of the molecule is O=S(=O)(c1ccccc1Br)C1CCN(c2nc(Cc3ccc(Cl)cc3Cl)cs2)CC1. The van der Waals surface area contributed by atoms with Gasteiger partial charge in [0.2, 0.25) is 0 Å². The topological polar surface area (TPSA) is 50.3 Å². The van der Waals surface area contributed by atoms with E-state index < -0.39 is 9.84 Å². The van der Waals surface area contributed by atoms with Crippen LogP contribution in [0.2, 0.25) is 10.0 Å². The summed E-state index contributed by atoms with van der Waals surface area (Å²) >= 11 is 17.2. The fourth-order valence-electron chi connectivity index (χ4n) is 3.60. The normalized spacial score (nSPS) is 15.5. The lowest BCUT2D eigenvalue weighted by molar-refractivity contribution is 0.529. The summed E-state index contributed by atoms with van der Waals surface area (Å²) in [6.45, 7) is 1.34. The van der Waals surface area contributed by atoms with Gasteiger partial charge in [0, 0.05) is 39.4 Å². The molecule has 0 amide bonds. The van der Waals surface area contributed by atoms with Crippen molar-refractivity contribution in [3.63, 3.8) is 0 Å². The highest BCUT2D eigenvalue weighted by Crippen LogP contribution is 2.32. The van der Waals surface area contributed by atoms with Crippen molar-refractivity contribution in [2.45, 2.75) is 29.4 Å². The number of sulfone groups is 1. The summed E-state index contributed by atoms with van der Waals surface area (Å²) in [7, 11) is -3.36. The van der Waals surface area contributed by atoms with E-state index in [9.17, 15) is 8.42 Å². The molecule has 1 saturated heterocycles. The summed E-state index contributed by atoms with van der Waals surface area (Å²) < 4.78 is 26.7. The minimum Gasteiger partial charge on any atom is -0.348 e. The van der Waals surface area contributed by atoms with Crippen LogP contribution >= 0.6 is 50.5 Å². The molecule has 158 valence electrons. The van der Waals surface area contributed by atoms with Gasteiger partial charge in [0.1, 0.15) is 0 Å². The van der Waals surface area contributed by atoms with E-state index in [2.05, 4.69) is 20.8 Å². The fraction of sp³-hybridized carbons (Fsp3) is 0.286. The number of halogens is 3. The molecule has 2 aromatic carbocycles. The first kappa shape index (κ1) is 22.1. The average Bonchev–Trinajstić information content (AvgIpc) is 3.19. The highest BCUT2D eigenvalue weighted by molar-refractivity contribution is 9.10. The maximum absolute atomic E-state index is 13.0. The van der Waals surface area contributed by atoms with Gasteiger partial charge in [-0.25, -0.2) is 13.4 Å². The molecule has 0 unspecified atom stereocenters. The van der Waals surface area contributed by atoms with Crippen molar-refractivity contribution >= 4 is 65.4 Å². The van der Waals surface area contributed by atoms with Gasteiger partial charge in [-0.05, 0) is 58.6 Å². The van der Waals surface area contributed by atoms with Gasteiger partial charge in [0.15, 0.2) is 15.0 Å². The highest BCUT2D eigenvalue weighted by Gasteiger charge is 2.33. The molecule has 0 radical (unpaired) electrons. The third-order valence-electron chi connectivity index (χ3n) is 5.22. The fourth-order valence-corrected chi connectivity index (χ4v) is 7.71. The van der Waals surface area contributed by atoms with E-state index in [-0.39, 0.29) is 5.25 Å². The Morgan fingerprint density at radius 3 is 2.57 bits per heavy atom. The number of thiazole rings is 1. The molecule has 0 aliphatic carbocycles. The molecule has 0 atom stereocenters. The van der Waals surface area contributed by atoms with Crippen molar-refractivity contribution in [2.75, 3.05) is 18.0 Å². The molecule has 0 bridgehead atoms. The van der Waals surface area contributed by atoms with Gasteiger partial charge < -0.3 is 4.90 Å². The van der Waals surface area contributed by atoms with Crippen LogP contribution in [0.25, 0.3) is 0 Å². The molecular weight excluding hydrogens is 527 g/mol. The number of anilines is 1. The maximum atomic E-state index is 13.0. The smallest absolute Gasteiger partial charge is 0.185 e. The Labute approximate surface area is 198 Å². The molecule has 2 heterocycles. The maximum Gasteiger partial charge on any atom is 0.185 e. The van der Waals surface area contributed by atoms with Crippen molar-refractivity contribution in [1.82, 2.24) is 4.98 Å². The lowest BCUT2D eigenvalue weighted by atomic mass is 10.1. The van der Waals surface area contributed by atoms with Crippen LogP contribution in [0.15, 0.2) is 57.2 Å². The van der Waals surface area contributed by atoms with Crippen LogP contribution in [0.5, 0.6) is 0 Å². The van der Waals surface area contributed by atoms with E-state index in [1.807, 2.05) is 23.6 Å². The molecule has 0 spiro atoms. The van der Waals surface area contributed by atoms with Crippen LogP contribution in [0, 0.1) is 0 Å². The number of aromatic nitrogens is 1. The number of hydrogen-bond acceptors (Lipinski definition) is 5. The van der Waals surface area contributed by atoms with E-state index in [0.29, 0.717) is 51.8 Å². The minimum absolute atomic E-state index is 0.375. The molecule has 1 aliphatic rings. The van der Waals surface area contributed by atoms with Gasteiger partial charge in [0.05, 0.1) is 15.8 Å². The van der Waals surface area contributed by atoms with Gasteiger partial charge in [-0.2, -0.15) is 0 Å². The lowest BCUT2D eigenvalue weighted by Gasteiger charge is -2.31. The van der Waals surface area contributed by atoms with Crippen LogP contribution in [0.3, 0.4) is 0 Å². The van der Waals surface area contributed by atoms with E-state index in [4.69, 9.17) is 28.2 Å². The molecule has 0 N–H and O–H groups in total. The first-order chi connectivity index (χ1) is 14.3. The molecule has 30 heavy (non-hydrogen) atoms. The standard InChI is InChI=1S/C21H19BrCl2N2O2S2/c22-18-3-1-2-4-20(18)30(27,28)17-7-9-26(10-8-17)21-25-16(13-29-21)11-14-5-6-15(23)12-19(14)24/h1-6,12-13,17H,7-11H2. The second kappa shape index (κ2) is 9.17. The van der Waals surface area contributed by atoms with Crippen LogP contribution in [0.1, 0.15) is 24.1 Å². The van der Waals surface area contributed by atoms with Crippen LogP contribution in [0.4, 0.5) is 5.13 Å². The number of hydrogen-bond donors (Lipinski definition) is 0. The molecule has 4 nitrogen and oxygen atoms in total. The van der Waals surface area contributed by atoms with Gasteiger partial charge in [-0.1, -0.05) is 41.4 Å². The second-order valence-corrected chi connectivity index (χ2v) is 11.9. The van der Waals surface area contributed by atoms with E-state index >= 15 is 0 Å². The summed E-state index contributed by atoms with van der Waals surface area (Å²) in [4.78, 5) is 7.29. The van der Waals surface area contributed by atoms with Crippen molar-refractivity contribution in [3.8, 4) is 0 Å². The Morgan fingerprint density at radius 2 is 1.87 bits per heavy atom. The monoisotopic (exact) mass is 544 g/mol. The lowest BCUT2D eigenvalue weighted by Crippen LogP contribution is -2.39. The summed E-state index contributed by atoms with van der Waals surface area (Å²) in [6.07, 6.45) is 1.81. The zero-order valence-electron chi connectivity index (χ0n) is 15.9. The molecule has 1 aliphatic heterocycles. The van der Waals surface area contributed by atoms with E-state index in [1.165, 1.54) is 0 Å². The van der Waals surface area contributed by atoms with Crippen molar-refractivity contribution in [2.24, 2.45) is 0 Å². The molecule has 1 aromatic heterocycles. The number of piperidine rings is 1. The first-order valence-corrected chi connectivity index (χ1v) is 13.4. The Balaban J connectivity index is 1.42. The summed E-state index contributed by atoms with van der Waals surface area (Å²) in [5.74, 6) is 0. The number of benzene rings is 2. The quantitative estimate of drug-likeness (QED) is 0.380. The average molecular weight is 546 g/mol. The third kappa shape index (κ3) is 4.70. The minimum atomic E-state index is -3.36. The third-order valence-corrected chi connectivity index (χ3v) is 10.0. The summed E-state index contributed by atoms with van der Waals surface area (Å²) in [5, 5.41) is 3.83. The Hall–Kier alpha value is -1.12. The van der Waals surface area contributed by atoms with Crippen molar-refractivity contribution < 1.29 is 8.42 Å². The van der Waals surface area contributed by atoms with Crippen LogP contribution in [-0.2, 0) is 16.3 Å². The molecular formula is C21H19BrCl2N2O2S2. The van der Waals surface area contributed by atoms with Crippen LogP contribution < -0.4 is 4.90 Å². The van der Waals surface area contributed by atoms with E-state index in [1.54, 1.807) is 35.6 Å². The predicted molar refractivity (Wildman–Crippen MR) is 128 cm³/mol. The van der Waals surface area contributed by atoms with Gasteiger partial charge in [-0.3, -0.25) is 0 Å². The Bertz CT molecular complexity index is 1160. The Kier molecular flexibility index (Phi) is 6.75. The van der Waals surface area contributed by atoms with Gasteiger partial charge in [-0.15, -0.1) is 11.3 Å². The highest BCUT2D eigenvalue weighted by atomic mass is 79.9. The van der Waals surface area contributed by atoms with Gasteiger partial charge >= 0.3 is 0 Å². The first-order valence-electron chi connectivity index (χ1n) is 9.46. The summed E-state index contributed by atoms with van der Waals surface area (Å²) in [5.41, 5.74) is 1.93. The van der Waals surface area contributed by atoms with E-state index in [0.717, 1.165) is 16.4 Å². The largest absolute Gasteiger partial charge is 0.348 e. The zero-order valence-corrected chi connectivity index (χ0v) is 20.6. The number of nitrogens with zero attached hydrogens (tertiary/aromatic N) is 2. The zero-order chi connectivity index (χ0) is 21.3. The molecule has 1 fully saturated rings. The summed E-state index contributed by atoms with van der Waals surface area (Å²) in [6, 6.07) is 12.5. The van der Waals surface area contributed by atoms with Crippen molar-refractivity contribution in [3.05, 3.63) is 73.6 Å². The van der Waals surface area contributed by atoms with Gasteiger partial charge in [0.25, 0.3) is 0 Å². The van der Waals surface area contributed by atoms with Crippen molar-refractivity contribution in [1.29, 1.82) is 0 Å². The molecule has 9 heteroatoms. The van der Waals surface area contributed by atoms with Crippen LogP contribution in [-0.4, -0.2) is 31.7 Å². The number of rotatable bonds is 5. The molecule has 4 rings (SSSR count). The molecule has 0 saturated carbocycles.